The molecule has 2 aromatic rings. The fraction of sp³-hybridized carbons (Fsp3) is 0.235. The Balaban J connectivity index is 1.91. The van der Waals surface area contributed by atoms with Crippen LogP contribution in [-0.2, 0) is 10.2 Å². The highest BCUT2D eigenvalue weighted by Crippen LogP contribution is 2.51. The van der Waals surface area contributed by atoms with Gasteiger partial charge in [-0.2, -0.15) is 0 Å². The highest BCUT2D eigenvalue weighted by Gasteiger charge is 2.55. The van der Waals surface area contributed by atoms with Gasteiger partial charge in [0.2, 0.25) is 5.91 Å². The summed E-state index contributed by atoms with van der Waals surface area (Å²) in [5.74, 6) is -0.310. The zero-order valence-corrected chi connectivity index (χ0v) is 11.4. The molecule has 21 heavy (non-hydrogen) atoms. The Hall–Kier alpha value is -2.20. The minimum absolute atomic E-state index is 0.0399. The van der Waals surface area contributed by atoms with E-state index in [9.17, 15) is 9.18 Å². The highest BCUT2D eigenvalue weighted by atomic mass is 19.1. The van der Waals surface area contributed by atoms with Gasteiger partial charge < -0.3 is 10.6 Å². The zero-order valence-electron chi connectivity index (χ0n) is 11.4. The zero-order chi connectivity index (χ0) is 14.4. The second-order valence-electron chi connectivity index (χ2n) is 5.63. The monoisotopic (exact) mass is 282 g/mol. The fourth-order valence-electron chi connectivity index (χ4n) is 3.69. The average Bonchev–Trinajstić information content (AvgIpc) is 3.05. The van der Waals surface area contributed by atoms with Crippen molar-refractivity contribution in [3.05, 3.63) is 65.5 Å². The van der Waals surface area contributed by atoms with Crippen LogP contribution in [0.3, 0.4) is 0 Å². The number of amides is 1. The van der Waals surface area contributed by atoms with Crippen molar-refractivity contribution < 1.29 is 9.18 Å². The predicted molar refractivity (Wildman–Crippen MR) is 78.5 cm³/mol. The second kappa shape index (κ2) is 4.40. The van der Waals surface area contributed by atoms with Crippen LogP contribution in [0.4, 0.5) is 10.1 Å². The van der Waals surface area contributed by atoms with Crippen LogP contribution in [0, 0.1) is 5.82 Å². The first-order valence-electron chi connectivity index (χ1n) is 7.12. The number of nitrogens with one attached hydrogen (secondary N) is 2. The third kappa shape index (κ3) is 1.59. The quantitative estimate of drug-likeness (QED) is 0.844. The standard InChI is InChI=1S/C17H15FN2O/c18-13-7-3-1-5-11(13)15-17(9-10-19-15)12-6-2-4-8-14(12)20-16(17)21/h1-8,15,19H,9-10H2,(H,20,21)/t15-,17+/m0/s1. The molecule has 0 saturated carbocycles. The minimum Gasteiger partial charge on any atom is -0.325 e. The highest BCUT2D eigenvalue weighted by molar-refractivity contribution is 6.07. The third-order valence-electron chi connectivity index (χ3n) is 4.64. The Morgan fingerprint density at radius 3 is 2.71 bits per heavy atom. The maximum atomic E-state index is 14.2. The van der Waals surface area contributed by atoms with E-state index in [2.05, 4.69) is 10.6 Å². The van der Waals surface area contributed by atoms with Gasteiger partial charge in [0.25, 0.3) is 0 Å². The number of halogens is 1. The van der Waals surface area contributed by atoms with Crippen LogP contribution in [0.25, 0.3) is 0 Å². The number of carbonyl (C=O) groups is 1. The van der Waals surface area contributed by atoms with E-state index in [0.717, 1.165) is 11.3 Å². The van der Waals surface area contributed by atoms with Crippen molar-refractivity contribution >= 4 is 11.6 Å². The van der Waals surface area contributed by atoms with Gasteiger partial charge in [-0.3, -0.25) is 4.79 Å². The summed E-state index contributed by atoms with van der Waals surface area (Å²) in [5, 5.41) is 6.26. The lowest BCUT2D eigenvalue weighted by Gasteiger charge is -2.29. The molecule has 0 unspecified atom stereocenters. The predicted octanol–water partition coefficient (Wildman–Crippen LogP) is 2.75. The minimum atomic E-state index is -0.710. The molecule has 1 fully saturated rings. The number of anilines is 1. The topological polar surface area (TPSA) is 41.1 Å². The van der Waals surface area contributed by atoms with Crippen LogP contribution in [-0.4, -0.2) is 12.5 Å². The summed E-state index contributed by atoms with van der Waals surface area (Å²) < 4.78 is 14.2. The Morgan fingerprint density at radius 2 is 1.86 bits per heavy atom. The van der Waals surface area contributed by atoms with Gasteiger partial charge in [0.15, 0.2) is 0 Å². The first kappa shape index (κ1) is 12.5. The largest absolute Gasteiger partial charge is 0.325 e. The average molecular weight is 282 g/mol. The Bertz CT molecular complexity index is 730. The van der Waals surface area contributed by atoms with E-state index in [1.165, 1.54) is 6.07 Å². The van der Waals surface area contributed by atoms with Gasteiger partial charge in [-0.1, -0.05) is 36.4 Å². The van der Waals surface area contributed by atoms with Crippen LogP contribution in [0.5, 0.6) is 0 Å². The van der Waals surface area contributed by atoms with Crippen molar-refractivity contribution in [1.29, 1.82) is 0 Å². The van der Waals surface area contributed by atoms with Gasteiger partial charge in [0.1, 0.15) is 5.82 Å². The van der Waals surface area contributed by atoms with Crippen molar-refractivity contribution in [2.24, 2.45) is 0 Å². The van der Waals surface area contributed by atoms with Crippen LogP contribution >= 0.6 is 0 Å². The molecular weight excluding hydrogens is 267 g/mol. The lowest BCUT2D eigenvalue weighted by molar-refractivity contribution is -0.121. The van der Waals surface area contributed by atoms with Crippen molar-refractivity contribution in [3.8, 4) is 0 Å². The summed E-state index contributed by atoms with van der Waals surface area (Å²) in [6.07, 6.45) is 0.675. The Kier molecular flexibility index (Phi) is 2.62. The van der Waals surface area contributed by atoms with E-state index < -0.39 is 5.41 Å². The molecule has 0 aromatic heterocycles. The van der Waals surface area contributed by atoms with Crippen LogP contribution in [0.15, 0.2) is 48.5 Å². The lowest BCUT2D eigenvalue weighted by atomic mass is 9.73. The summed E-state index contributed by atoms with van der Waals surface area (Å²) in [6.45, 7) is 0.695. The van der Waals surface area contributed by atoms with Crippen molar-refractivity contribution in [2.45, 2.75) is 17.9 Å². The number of hydrogen-bond donors (Lipinski definition) is 2. The molecule has 0 radical (unpaired) electrons. The van der Waals surface area contributed by atoms with Gasteiger partial charge in [0, 0.05) is 11.3 Å². The second-order valence-corrected chi connectivity index (χ2v) is 5.63. The number of para-hydroxylation sites is 1. The number of rotatable bonds is 1. The smallest absolute Gasteiger partial charge is 0.237 e. The molecule has 2 aliphatic rings. The van der Waals surface area contributed by atoms with Gasteiger partial charge in [-0.05, 0) is 30.7 Å². The van der Waals surface area contributed by atoms with Crippen LogP contribution < -0.4 is 10.6 Å². The van der Waals surface area contributed by atoms with Crippen molar-refractivity contribution in [1.82, 2.24) is 5.32 Å². The molecule has 0 aliphatic carbocycles. The van der Waals surface area contributed by atoms with Gasteiger partial charge in [0.05, 0.1) is 11.5 Å². The molecule has 1 spiro atoms. The first-order valence-corrected chi connectivity index (χ1v) is 7.12. The number of fused-ring (bicyclic) bond motifs is 2. The lowest BCUT2D eigenvalue weighted by Crippen LogP contribution is -2.40. The van der Waals surface area contributed by atoms with E-state index in [0.29, 0.717) is 18.5 Å². The number of hydrogen-bond acceptors (Lipinski definition) is 2. The van der Waals surface area contributed by atoms with Gasteiger partial charge in [-0.25, -0.2) is 4.39 Å². The first-order chi connectivity index (χ1) is 10.2. The summed E-state index contributed by atoms with van der Waals surface area (Å²) in [6, 6.07) is 14.1. The number of benzene rings is 2. The van der Waals surface area contributed by atoms with Crippen LogP contribution in [0.1, 0.15) is 23.6 Å². The number of carbonyl (C=O) groups excluding carboxylic acids is 1. The summed E-state index contributed by atoms with van der Waals surface area (Å²) in [7, 11) is 0. The van der Waals surface area contributed by atoms with Crippen molar-refractivity contribution in [3.63, 3.8) is 0 Å². The van der Waals surface area contributed by atoms with E-state index in [1.807, 2.05) is 30.3 Å². The molecule has 1 amide bonds. The molecule has 4 heteroatoms. The molecule has 1 saturated heterocycles. The normalized spacial score (nSPS) is 26.9. The van der Waals surface area contributed by atoms with Gasteiger partial charge in [-0.15, -0.1) is 0 Å². The molecule has 2 heterocycles. The molecule has 106 valence electrons. The third-order valence-corrected chi connectivity index (χ3v) is 4.64. The van der Waals surface area contributed by atoms with E-state index >= 15 is 0 Å². The molecule has 2 atom stereocenters. The Labute approximate surface area is 122 Å². The van der Waals surface area contributed by atoms with E-state index in [4.69, 9.17) is 0 Å². The maximum absolute atomic E-state index is 14.2. The molecule has 2 N–H and O–H groups in total. The molecular formula is C17H15FN2O. The summed E-state index contributed by atoms with van der Waals surface area (Å²) in [5.41, 5.74) is 1.65. The molecule has 2 aromatic carbocycles. The van der Waals surface area contributed by atoms with E-state index in [1.54, 1.807) is 12.1 Å². The van der Waals surface area contributed by atoms with Crippen molar-refractivity contribution in [2.75, 3.05) is 11.9 Å². The summed E-state index contributed by atoms with van der Waals surface area (Å²) in [4.78, 5) is 12.7. The van der Waals surface area contributed by atoms with Gasteiger partial charge >= 0.3 is 0 Å². The SMILES string of the molecule is O=C1Nc2ccccc2[C@@]12CCN[C@H]2c1ccccc1F. The van der Waals surface area contributed by atoms with E-state index in [-0.39, 0.29) is 17.8 Å². The maximum Gasteiger partial charge on any atom is 0.237 e. The summed E-state index contributed by atoms with van der Waals surface area (Å²) >= 11 is 0. The molecule has 0 bridgehead atoms. The van der Waals surface area contributed by atoms with Crippen LogP contribution in [0.2, 0.25) is 0 Å². The molecule has 3 nitrogen and oxygen atoms in total. The Morgan fingerprint density at radius 1 is 1.10 bits per heavy atom. The fourth-order valence-corrected chi connectivity index (χ4v) is 3.69. The molecule has 2 aliphatic heterocycles. The molecule has 4 rings (SSSR count).